The van der Waals surface area contributed by atoms with E-state index in [1.165, 1.54) is 6.42 Å². The van der Waals surface area contributed by atoms with E-state index in [9.17, 15) is 4.79 Å². The molecule has 1 fully saturated rings. The van der Waals surface area contributed by atoms with Crippen LogP contribution < -0.4 is 14.8 Å². The standard InChI is InChI=1S/C17H24N2O3/c1-12-5-13(2)9-19(8-12)10-17(20)18-7-14-3-4-15-16(6-14)22-11-21-15/h3-4,6,12-13H,5,7-11H2,1-2H3,(H,18,20)/t12-,13-/m1/s1. The molecule has 1 aromatic rings. The number of carbonyl (C=O) groups is 1. The maximum absolute atomic E-state index is 12.1. The topological polar surface area (TPSA) is 50.8 Å². The van der Waals surface area contributed by atoms with Crippen molar-refractivity contribution in [2.45, 2.75) is 26.8 Å². The highest BCUT2D eigenvalue weighted by Crippen LogP contribution is 2.32. The predicted octanol–water partition coefficient (Wildman–Crippen LogP) is 2.01. The minimum Gasteiger partial charge on any atom is -0.454 e. The van der Waals surface area contributed by atoms with E-state index in [1.807, 2.05) is 18.2 Å². The first kappa shape index (κ1) is 15.2. The van der Waals surface area contributed by atoms with Gasteiger partial charge in [-0.15, -0.1) is 0 Å². The molecule has 0 aliphatic carbocycles. The van der Waals surface area contributed by atoms with Crippen LogP contribution >= 0.6 is 0 Å². The highest BCUT2D eigenvalue weighted by Gasteiger charge is 2.23. The summed E-state index contributed by atoms with van der Waals surface area (Å²) in [5.74, 6) is 2.95. The van der Waals surface area contributed by atoms with Crippen molar-refractivity contribution in [3.63, 3.8) is 0 Å². The number of fused-ring (bicyclic) bond motifs is 1. The van der Waals surface area contributed by atoms with Gasteiger partial charge in [0.05, 0.1) is 6.54 Å². The normalized spacial score (nSPS) is 24.3. The highest BCUT2D eigenvalue weighted by atomic mass is 16.7. The fraction of sp³-hybridized carbons (Fsp3) is 0.588. The molecule has 0 spiro atoms. The predicted molar refractivity (Wildman–Crippen MR) is 83.8 cm³/mol. The lowest BCUT2D eigenvalue weighted by Gasteiger charge is -2.34. The summed E-state index contributed by atoms with van der Waals surface area (Å²) < 4.78 is 10.6. The summed E-state index contributed by atoms with van der Waals surface area (Å²) in [5, 5.41) is 2.99. The Balaban J connectivity index is 1.48. The van der Waals surface area contributed by atoms with Crippen LogP contribution in [-0.2, 0) is 11.3 Å². The molecule has 0 saturated carbocycles. The van der Waals surface area contributed by atoms with E-state index in [2.05, 4.69) is 24.1 Å². The van der Waals surface area contributed by atoms with Gasteiger partial charge in [0.15, 0.2) is 11.5 Å². The Hall–Kier alpha value is -1.75. The van der Waals surface area contributed by atoms with Crippen molar-refractivity contribution in [3.05, 3.63) is 23.8 Å². The molecular weight excluding hydrogens is 280 g/mol. The molecule has 5 nitrogen and oxygen atoms in total. The number of amides is 1. The molecule has 1 aromatic carbocycles. The van der Waals surface area contributed by atoms with E-state index >= 15 is 0 Å². The number of hydrogen-bond acceptors (Lipinski definition) is 4. The van der Waals surface area contributed by atoms with Gasteiger partial charge in [-0.1, -0.05) is 19.9 Å². The molecule has 2 atom stereocenters. The van der Waals surface area contributed by atoms with Gasteiger partial charge in [-0.05, 0) is 36.0 Å². The van der Waals surface area contributed by atoms with Gasteiger partial charge in [0.25, 0.3) is 0 Å². The maximum Gasteiger partial charge on any atom is 0.234 e. The Morgan fingerprint density at radius 3 is 2.73 bits per heavy atom. The van der Waals surface area contributed by atoms with E-state index in [-0.39, 0.29) is 12.7 Å². The Morgan fingerprint density at radius 2 is 1.95 bits per heavy atom. The lowest BCUT2D eigenvalue weighted by atomic mass is 9.92. The monoisotopic (exact) mass is 304 g/mol. The number of nitrogens with one attached hydrogen (secondary N) is 1. The molecule has 22 heavy (non-hydrogen) atoms. The van der Waals surface area contributed by atoms with E-state index in [4.69, 9.17) is 9.47 Å². The van der Waals surface area contributed by atoms with Crippen LogP contribution in [0.25, 0.3) is 0 Å². The highest BCUT2D eigenvalue weighted by molar-refractivity contribution is 5.78. The lowest BCUT2D eigenvalue weighted by molar-refractivity contribution is -0.123. The number of ether oxygens (including phenoxy) is 2. The van der Waals surface area contributed by atoms with Gasteiger partial charge in [0.2, 0.25) is 12.7 Å². The van der Waals surface area contributed by atoms with Crippen LogP contribution in [0.2, 0.25) is 0 Å². The van der Waals surface area contributed by atoms with E-state index in [1.54, 1.807) is 0 Å². The van der Waals surface area contributed by atoms with Crippen LogP contribution in [0.15, 0.2) is 18.2 Å². The summed E-state index contributed by atoms with van der Waals surface area (Å²) in [5.41, 5.74) is 1.03. The van der Waals surface area contributed by atoms with Crippen LogP contribution in [0.1, 0.15) is 25.8 Å². The Bertz CT molecular complexity index is 537. The number of piperidine rings is 1. The minimum absolute atomic E-state index is 0.0824. The largest absolute Gasteiger partial charge is 0.454 e. The fourth-order valence-corrected chi connectivity index (χ4v) is 3.43. The number of carbonyl (C=O) groups excluding carboxylic acids is 1. The quantitative estimate of drug-likeness (QED) is 0.924. The van der Waals surface area contributed by atoms with Crippen LogP contribution in [0.3, 0.4) is 0 Å². The zero-order valence-electron chi connectivity index (χ0n) is 13.3. The van der Waals surface area contributed by atoms with E-state index in [0.717, 1.165) is 30.2 Å². The van der Waals surface area contributed by atoms with E-state index < -0.39 is 0 Å². The first-order chi connectivity index (χ1) is 10.6. The van der Waals surface area contributed by atoms with Crippen LogP contribution in [0.4, 0.5) is 0 Å². The first-order valence-corrected chi connectivity index (χ1v) is 7.97. The van der Waals surface area contributed by atoms with Crippen molar-refractivity contribution in [1.29, 1.82) is 0 Å². The molecule has 120 valence electrons. The third-order valence-corrected chi connectivity index (χ3v) is 4.24. The smallest absolute Gasteiger partial charge is 0.234 e. The summed E-state index contributed by atoms with van der Waals surface area (Å²) in [6.45, 7) is 7.83. The average molecular weight is 304 g/mol. The molecule has 1 saturated heterocycles. The van der Waals surface area contributed by atoms with Crippen LogP contribution in [0, 0.1) is 11.8 Å². The number of hydrogen-bond donors (Lipinski definition) is 1. The molecule has 2 heterocycles. The molecule has 5 heteroatoms. The van der Waals surface area contributed by atoms with Crippen molar-refractivity contribution in [2.24, 2.45) is 11.8 Å². The molecule has 0 aromatic heterocycles. The molecule has 0 radical (unpaired) electrons. The first-order valence-electron chi connectivity index (χ1n) is 7.97. The third kappa shape index (κ3) is 3.71. The van der Waals surface area contributed by atoms with Crippen LogP contribution in [-0.4, -0.2) is 37.2 Å². The summed E-state index contributed by atoms with van der Waals surface area (Å²) in [6.07, 6.45) is 1.26. The van der Waals surface area contributed by atoms with Gasteiger partial charge in [-0.25, -0.2) is 0 Å². The second-order valence-electron chi connectivity index (χ2n) is 6.60. The number of likely N-dealkylation sites (tertiary alicyclic amines) is 1. The van der Waals surface area contributed by atoms with Crippen LogP contribution in [0.5, 0.6) is 11.5 Å². The summed E-state index contributed by atoms with van der Waals surface area (Å²) >= 11 is 0. The SMILES string of the molecule is C[C@@H]1C[C@@H](C)CN(CC(=O)NCc2ccc3c(c2)OCO3)C1. The number of nitrogens with zero attached hydrogens (tertiary/aromatic N) is 1. The summed E-state index contributed by atoms with van der Waals surface area (Å²) in [7, 11) is 0. The number of benzene rings is 1. The molecular formula is C17H24N2O3. The van der Waals surface area contributed by atoms with Crippen molar-refractivity contribution in [1.82, 2.24) is 10.2 Å². The van der Waals surface area contributed by atoms with Gasteiger partial charge < -0.3 is 14.8 Å². The molecule has 3 rings (SSSR count). The molecule has 0 unspecified atom stereocenters. The maximum atomic E-state index is 12.1. The average Bonchev–Trinajstić information content (AvgIpc) is 2.91. The second kappa shape index (κ2) is 6.57. The molecule has 0 bridgehead atoms. The third-order valence-electron chi connectivity index (χ3n) is 4.24. The molecule has 2 aliphatic heterocycles. The second-order valence-corrected chi connectivity index (χ2v) is 6.60. The Morgan fingerprint density at radius 1 is 1.23 bits per heavy atom. The van der Waals surface area contributed by atoms with Gasteiger partial charge in [-0.2, -0.15) is 0 Å². The number of rotatable bonds is 4. The molecule has 1 N–H and O–H groups in total. The molecule has 2 aliphatic rings. The van der Waals surface area contributed by atoms with Gasteiger partial charge in [0, 0.05) is 19.6 Å². The van der Waals surface area contributed by atoms with Gasteiger partial charge >= 0.3 is 0 Å². The minimum atomic E-state index is 0.0824. The van der Waals surface area contributed by atoms with Crippen molar-refractivity contribution in [3.8, 4) is 11.5 Å². The van der Waals surface area contributed by atoms with E-state index in [0.29, 0.717) is 24.9 Å². The fourth-order valence-electron chi connectivity index (χ4n) is 3.43. The lowest BCUT2D eigenvalue weighted by Crippen LogP contribution is -2.44. The Labute approximate surface area is 131 Å². The Kier molecular flexibility index (Phi) is 4.52. The van der Waals surface area contributed by atoms with Crippen molar-refractivity contribution >= 4 is 5.91 Å². The molecule has 1 amide bonds. The zero-order valence-corrected chi connectivity index (χ0v) is 13.3. The van der Waals surface area contributed by atoms with Gasteiger partial charge in [-0.3, -0.25) is 9.69 Å². The van der Waals surface area contributed by atoms with Gasteiger partial charge in [0.1, 0.15) is 0 Å². The summed E-state index contributed by atoms with van der Waals surface area (Å²) in [4.78, 5) is 14.4. The van der Waals surface area contributed by atoms with Crippen molar-refractivity contribution < 1.29 is 14.3 Å². The summed E-state index contributed by atoms with van der Waals surface area (Å²) in [6, 6.07) is 5.77. The van der Waals surface area contributed by atoms with Crippen molar-refractivity contribution in [2.75, 3.05) is 26.4 Å². The zero-order chi connectivity index (χ0) is 15.5.